The maximum Gasteiger partial charge on any atom is 0.130 e. The highest BCUT2D eigenvalue weighted by atomic mass is 32.1. The smallest absolute Gasteiger partial charge is 0.130 e. The van der Waals surface area contributed by atoms with Crippen LogP contribution in [0.1, 0.15) is 22.6 Å². The highest BCUT2D eigenvalue weighted by Crippen LogP contribution is 2.45. The maximum atomic E-state index is 10.5. The Kier molecular flexibility index (Phi) is 5.71. The molecule has 0 fully saturated rings. The van der Waals surface area contributed by atoms with Crippen molar-refractivity contribution in [2.45, 2.75) is 25.5 Å². The van der Waals surface area contributed by atoms with Crippen molar-refractivity contribution in [1.82, 2.24) is 0 Å². The lowest BCUT2D eigenvalue weighted by Crippen LogP contribution is -2.06. The first-order valence-electron chi connectivity index (χ1n) is 7.70. The van der Waals surface area contributed by atoms with Crippen LogP contribution in [0.4, 0.5) is 0 Å². The molecule has 4 N–H and O–H groups in total. The van der Waals surface area contributed by atoms with Crippen LogP contribution >= 0.6 is 50.5 Å². The van der Waals surface area contributed by atoms with Crippen LogP contribution in [0, 0.1) is 0 Å². The second-order valence-corrected chi connectivity index (χ2v) is 7.90. The molecule has 3 rings (SSSR count). The molecule has 3 aromatic carbocycles. The first-order chi connectivity index (χ1) is 12.7. The van der Waals surface area contributed by atoms with Crippen molar-refractivity contribution in [1.29, 1.82) is 0 Å². The Hall–Kier alpha value is -1.74. The third-order valence-electron chi connectivity index (χ3n) is 4.19. The van der Waals surface area contributed by atoms with E-state index >= 15 is 0 Å². The number of phenolic OH excluding ortho intramolecular Hbond substituents is 4. The SMILES string of the molecule is Oc1ccc(C(c2cc(S)c(O)cc2S)c2cc(S)c(O)cc2S)c(O)c1. The molecule has 27 heavy (non-hydrogen) atoms. The molecule has 0 saturated heterocycles. The molecule has 0 aliphatic rings. The molecule has 0 aliphatic carbocycles. The van der Waals surface area contributed by atoms with Gasteiger partial charge in [0.15, 0.2) is 0 Å². The van der Waals surface area contributed by atoms with Crippen molar-refractivity contribution < 1.29 is 20.4 Å². The molecule has 0 aromatic heterocycles. The van der Waals surface area contributed by atoms with Crippen LogP contribution in [-0.4, -0.2) is 20.4 Å². The number of phenols is 4. The number of benzene rings is 3. The second kappa shape index (κ2) is 7.71. The topological polar surface area (TPSA) is 80.9 Å². The molecule has 0 heterocycles. The van der Waals surface area contributed by atoms with Gasteiger partial charge in [-0.25, -0.2) is 0 Å². The Morgan fingerprint density at radius 1 is 0.519 bits per heavy atom. The first kappa shape index (κ1) is 20.0. The minimum absolute atomic E-state index is 0.0209. The zero-order chi connectivity index (χ0) is 19.9. The highest BCUT2D eigenvalue weighted by Gasteiger charge is 2.26. The predicted molar refractivity (Wildman–Crippen MR) is 116 cm³/mol. The summed E-state index contributed by atoms with van der Waals surface area (Å²) in [5.74, 6) is -0.806. The van der Waals surface area contributed by atoms with Crippen LogP contribution in [0.25, 0.3) is 0 Å². The van der Waals surface area contributed by atoms with Gasteiger partial charge in [-0.05, 0) is 41.5 Å². The molecule has 0 saturated carbocycles. The van der Waals surface area contributed by atoms with Crippen LogP contribution in [0.3, 0.4) is 0 Å². The van der Waals surface area contributed by atoms with Gasteiger partial charge < -0.3 is 20.4 Å². The Morgan fingerprint density at radius 3 is 1.44 bits per heavy atom. The fraction of sp³-hybridized carbons (Fsp3) is 0.0526. The molecule has 8 heteroatoms. The van der Waals surface area contributed by atoms with E-state index in [1.165, 1.54) is 24.3 Å². The lowest BCUT2D eigenvalue weighted by molar-refractivity contribution is 0.445. The molecule has 0 aliphatic heterocycles. The average molecular weight is 437 g/mol. The summed E-state index contributed by atoms with van der Waals surface area (Å²) in [7, 11) is 0. The molecule has 0 bridgehead atoms. The number of aromatic hydroxyl groups is 4. The standard InChI is InChI=1S/C19H16O4S4/c20-8-1-2-9(12(21)3-8)19(10-4-17(26)13(22)6-15(10)24)11-5-18(27)14(23)7-16(11)25/h1-7,19-27H. The molecule has 0 radical (unpaired) electrons. The number of rotatable bonds is 3. The van der Waals surface area contributed by atoms with E-state index in [0.29, 0.717) is 36.3 Å². The Morgan fingerprint density at radius 2 is 1.00 bits per heavy atom. The van der Waals surface area contributed by atoms with E-state index in [9.17, 15) is 20.4 Å². The largest absolute Gasteiger partial charge is 0.508 e. The van der Waals surface area contributed by atoms with Crippen molar-refractivity contribution >= 4 is 50.5 Å². The van der Waals surface area contributed by atoms with Gasteiger partial charge in [0.05, 0.1) is 0 Å². The molecular weight excluding hydrogens is 420 g/mol. The van der Waals surface area contributed by atoms with Gasteiger partial charge in [0.2, 0.25) is 0 Å². The van der Waals surface area contributed by atoms with E-state index in [2.05, 4.69) is 50.5 Å². The summed E-state index contributed by atoms with van der Waals surface area (Å²) in [6.07, 6.45) is 0. The molecular formula is C19H16O4S4. The van der Waals surface area contributed by atoms with E-state index in [0.717, 1.165) is 0 Å². The van der Waals surface area contributed by atoms with E-state index in [4.69, 9.17) is 0 Å². The van der Waals surface area contributed by atoms with Crippen LogP contribution < -0.4 is 0 Å². The van der Waals surface area contributed by atoms with Crippen molar-refractivity contribution in [3.63, 3.8) is 0 Å². The van der Waals surface area contributed by atoms with Crippen molar-refractivity contribution in [2.24, 2.45) is 0 Å². The monoisotopic (exact) mass is 436 g/mol. The third kappa shape index (κ3) is 3.94. The average Bonchev–Trinajstić information content (AvgIpc) is 2.58. The molecule has 0 unspecified atom stereocenters. The maximum absolute atomic E-state index is 10.5. The molecule has 4 nitrogen and oxygen atoms in total. The fourth-order valence-corrected chi connectivity index (χ4v) is 3.94. The summed E-state index contributed by atoms with van der Waals surface area (Å²) in [6, 6.07) is 10.5. The zero-order valence-corrected chi connectivity index (χ0v) is 17.3. The van der Waals surface area contributed by atoms with Crippen LogP contribution in [0.15, 0.2) is 62.0 Å². The minimum atomic E-state index is -0.566. The van der Waals surface area contributed by atoms with E-state index in [1.807, 2.05) is 0 Å². The molecule has 0 atom stereocenters. The summed E-state index contributed by atoms with van der Waals surface area (Å²) in [5.41, 5.74) is 1.78. The Labute approximate surface area is 178 Å². The van der Waals surface area contributed by atoms with Gasteiger partial charge >= 0.3 is 0 Å². The molecule has 140 valence electrons. The summed E-state index contributed by atoms with van der Waals surface area (Å²) >= 11 is 17.5. The van der Waals surface area contributed by atoms with E-state index in [1.54, 1.807) is 18.2 Å². The van der Waals surface area contributed by atoms with E-state index in [-0.39, 0.29) is 23.0 Å². The van der Waals surface area contributed by atoms with Crippen LogP contribution in [0.2, 0.25) is 0 Å². The van der Waals surface area contributed by atoms with E-state index < -0.39 is 5.92 Å². The summed E-state index contributed by atoms with van der Waals surface area (Å²) < 4.78 is 0. The Balaban J connectivity index is 2.34. The van der Waals surface area contributed by atoms with Crippen LogP contribution in [0.5, 0.6) is 23.0 Å². The normalized spacial score (nSPS) is 11.1. The van der Waals surface area contributed by atoms with Crippen molar-refractivity contribution in [3.05, 3.63) is 59.2 Å². The molecule has 3 aromatic rings. The minimum Gasteiger partial charge on any atom is -0.508 e. The fourth-order valence-electron chi connectivity index (χ4n) is 2.91. The van der Waals surface area contributed by atoms with Gasteiger partial charge in [0.25, 0.3) is 0 Å². The number of hydrogen-bond donors (Lipinski definition) is 8. The van der Waals surface area contributed by atoms with Gasteiger partial charge in [-0.2, -0.15) is 0 Å². The third-order valence-corrected chi connectivity index (χ3v) is 5.69. The van der Waals surface area contributed by atoms with Gasteiger partial charge in [0.1, 0.15) is 23.0 Å². The lowest BCUT2D eigenvalue weighted by Gasteiger charge is -2.24. The predicted octanol–water partition coefficient (Wildman–Crippen LogP) is 4.84. The van der Waals surface area contributed by atoms with Gasteiger partial charge in [-0.1, -0.05) is 6.07 Å². The Bertz CT molecular complexity index is 979. The second-order valence-electron chi connectivity index (χ2n) is 5.98. The van der Waals surface area contributed by atoms with Crippen molar-refractivity contribution in [2.75, 3.05) is 0 Å². The lowest BCUT2D eigenvalue weighted by atomic mass is 9.84. The molecule has 0 amide bonds. The van der Waals surface area contributed by atoms with Gasteiger partial charge in [-0.15, -0.1) is 50.5 Å². The number of hydrogen-bond acceptors (Lipinski definition) is 8. The first-order valence-corrected chi connectivity index (χ1v) is 9.49. The number of thiol groups is 4. The highest BCUT2D eigenvalue weighted by molar-refractivity contribution is 7.81. The summed E-state index contributed by atoms with van der Waals surface area (Å²) in [6.45, 7) is 0. The summed E-state index contributed by atoms with van der Waals surface area (Å²) in [5, 5.41) is 39.9. The van der Waals surface area contributed by atoms with Crippen molar-refractivity contribution in [3.8, 4) is 23.0 Å². The summed E-state index contributed by atoms with van der Waals surface area (Å²) in [4.78, 5) is 1.64. The quantitative estimate of drug-likeness (QED) is 0.223. The zero-order valence-electron chi connectivity index (χ0n) is 13.7. The van der Waals surface area contributed by atoms with Gasteiger partial charge in [0, 0.05) is 37.1 Å². The van der Waals surface area contributed by atoms with Crippen LogP contribution in [-0.2, 0) is 0 Å². The molecule has 0 spiro atoms. The van der Waals surface area contributed by atoms with Gasteiger partial charge in [-0.3, -0.25) is 0 Å².